The Hall–Kier alpha value is -3.88. The average molecular weight is 385 g/mol. The van der Waals surface area contributed by atoms with Gasteiger partial charge in [-0.25, -0.2) is 0 Å². The minimum Gasteiger partial charge on any atom is -0.309 e. The Bertz CT molecular complexity index is 1500. The second-order valence-electron chi connectivity index (χ2n) is 7.68. The number of aromatic nitrogens is 1. The van der Waals surface area contributed by atoms with Crippen molar-refractivity contribution in [2.75, 3.05) is 0 Å². The number of nitrogens with zero attached hydrogens (tertiary/aromatic N) is 1. The van der Waals surface area contributed by atoms with Gasteiger partial charge < -0.3 is 4.57 Å². The average Bonchev–Trinajstić information content (AvgIpc) is 3.14. The molecule has 0 fully saturated rings. The van der Waals surface area contributed by atoms with Crippen LogP contribution in [0.25, 0.3) is 38.3 Å². The molecule has 1 aromatic heterocycles. The largest absolute Gasteiger partial charge is 0.309 e. The standard InChI is InChI=1S/C28H20N2/c1-2-11-22(12-3-1)30-27-16-7-6-14-24(27)25-19-21(17-18-28(25)30)29-26-15-8-10-20-9-4-5-13-23(20)26/h1-19,29H/p+1. The molecule has 30 heavy (non-hydrogen) atoms. The summed E-state index contributed by atoms with van der Waals surface area (Å²) in [5, 5.41) is 7.41. The first-order chi connectivity index (χ1) is 14.9. The number of hydrogen-bond acceptors (Lipinski definition) is 0. The van der Waals surface area contributed by atoms with E-state index in [4.69, 9.17) is 0 Å². The smallest absolute Gasteiger partial charge is 0.142 e. The van der Waals surface area contributed by atoms with Gasteiger partial charge in [0.1, 0.15) is 11.4 Å². The molecular weight excluding hydrogens is 364 g/mol. The molecule has 2 heteroatoms. The van der Waals surface area contributed by atoms with E-state index >= 15 is 0 Å². The van der Waals surface area contributed by atoms with E-state index in [9.17, 15) is 0 Å². The normalized spacial score (nSPS) is 11.5. The van der Waals surface area contributed by atoms with Gasteiger partial charge in [-0.05, 0) is 35.7 Å². The topological polar surface area (TPSA) is 21.5 Å². The number of rotatable bonds is 3. The van der Waals surface area contributed by atoms with E-state index in [1.54, 1.807) is 0 Å². The molecule has 0 amide bonds. The summed E-state index contributed by atoms with van der Waals surface area (Å²) in [6.45, 7) is 0. The second-order valence-corrected chi connectivity index (χ2v) is 7.68. The zero-order chi connectivity index (χ0) is 19.9. The molecule has 0 atom stereocenters. The molecule has 1 heterocycles. The van der Waals surface area contributed by atoms with Crippen LogP contribution in [0.3, 0.4) is 0 Å². The van der Waals surface area contributed by atoms with Crippen molar-refractivity contribution in [1.29, 1.82) is 0 Å². The van der Waals surface area contributed by atoms with E-state index in [0.717, 1.165) is 0 Å². The Balaban J connectivity index is 1.54. The van der Waals surface area contributed by atoms with Crippen LogP contribution in [-0.2, 0) is 0 Å². The van der Waals surface area contributed by atoms with Gasteiger partial charge in [0.15, 0.2) is 0 Å². The lowest BCUT2D eigenvalue weighted by Gasteiger charge is -2.08. The van der Waals surface area contributed by atoms with E-state index < -0.39 is 0 Å². The van der Waals surface area contributed by atoms with Crippen LogP contribution in [0, 0.1) is 0 Å². The van der Waals surface area contributed by atoms with E-state index in [1.165, 1.54) is 49.6 Å². The fourth-order valence-corrected chi connectivity index (χ4v) is 4.49. The summed E-state index contributed by atoms with van der Waals surface area (Å²) in [6, 6.07) is 41.1. The van der Waals surface area contributed by atoms with Crippen LogP contribution in [0.1, 0.15) is 0 Å². The highest BCUT2D eigenvalue weighted by Crippen LogP contribution is 2.33. The van der Waals surface area contributed by atoms with Gasteiger partial charge in [0.2, 0.25) is 0 Å². The molecule has 142 valence electrons. The third kappa shape index (κ3) is 2.70. The van der Waals surface area contributed by atoms with Gasteiger partial charge in [0.25, 0.3) is 0 Å². The molecule has 0 radical (unpaired) electrons. The van der Waals surface area contributed by atoms with E-state index in [-0.39, 0.29) is 0 Å². The van der Waals surface area contributed by atoms with Crippen molar-refractivity contribution in [2.45, 2.75) is 0 Å². The lowest BCUT2D eigenvalue weighted by molar-refractivity contribution is -0.476. The number of para-hydroxylation sites is 2. The predicted octanol–water partition coefficient (Wildman–Crippen LogP) is 6.46. The SMILES string of the molecule is c1ccc(-n2c3ccccc3c3cc([NH2+]c4cccc5ccccc45)ccc32)cc1. The Morgan fingerprint density at radius 3 is 2.10 bits per heavy atom. The summed E-state index contributed by atoms with van der Waals surface area (Å²) in [7, 11) is 0. The summed E-state index contributed by atoms with van der Waals surface area (Å²) in [5.41, 5.74) is 6.13. The van der Waals surface area contributed by atoms with Gasteiger partial charge in [0, 0.05) is 40.0 Å². The van der Waals surface area contributed by atoms with Gasteiger partial charge in [-0.15, -0.1) is 0 Å². The number of quaternary nitrogens is 1. The van der Waals surface area contributed by atoms with Crippen LogP contribution in [0.2, 0.25) is 0 Å². The second kappa shape index (κ2) is 6.87. The third-order valence-electron chi connectivity index (χ3n) is 5.86. The molecule has 0 spiro atoms. The van der Waals surface area contributed by atoms with Crippen LogP contribution >= 0.6 is 0 Å². The van der Waals surface area contributed by atoms with Crippen LogP contribution in [-0.4, -0.2) is 4.57 Å². The molecule has 0 saturated carbocycles. The molecular formula is C28H21N2+. The van der Waals surface area contributed by atoms with Crippen LogP contribution < -0.4 is 5.32 Å². The van der Waals surface area contributed by atoms with Crippen molar-refractivity contribution in [2.24, 2.45) is 0 Å². The van der Waals surface area contributed by atoms with Crippen molar-refractivity contribution in [3.8, 4) is 5.69 Å². The monoisotopic (exact) mass is 385 g/mol. The van der Waals surface area contributed by atoms with Crippen molar-refractivity contribution in [3.63, 3.8) is 0 Å². The molecule has 0 aliphatic carbocycles. The zero-order valence-corrected chi connectivity index (χ0v) is 16.5. The lowest BCUT2D eigenvalue weighted by atomic mass is 10.1. The fourth-order valence-electron chi connectivity index (χ4n) is 4.49. The van der Waals surface area contributed by atoms with Crippen LogP contribution in [0.15, 0.2) is 115 Å². The molecule has 6 rings (SSSR count). The van der Waals surface area contributed by atoms with Crippen LogP contribution in [0.5, 0.6) is 0 Å². The highest BCUT2D eigenvalue weighted by Gasteiger charge is 2.14. The summed E-state index contributed by atoms with van der Waals surface area (Å²) in [4.78, 5) is 0. The summed E-state index contributed by atoms with van der Waals surface area (Å²) < 4.78 is 2.35. The molecule has 6 aromatic rings. The van der Waals surface area contributed by atoms with E-state index in [1.807, 2.05) is 0 Å². The molecule has 2 nitrogen and oxygen atoms in total. The van der Waals surface area contributed by atoms with Gasteiger partial charge in [0.05, 0.1) is 11.0 Å². The van der Waals surface area contributed by atoms with Crippen LogP contribution in [0.4, 0.5) is 11.4 Å². The lowest BCUT2D eigenvalue weighted by Crippen LogP contribution is -2.71. The number of hydrogen-bond donors (Lipinski definition) is 1. The first-order valence-electron chi connectivity index (χ1n) is 10.3. The van der Waals surface area contributed by atoms with Gasteiger partial charge in [-0.1, -0.05) is 66.7 Å². The van der Waals surface area contributed by atoms with E-state index in [0.29, 0.717) is 0 Å². The summed E-state index contributed by atoms with van der Waals surface area (Å²) in [5.74, 6) is 0. The molecule has 0 aliphatic rings. The maximum absolute atomic E-state index is 2.35. The predicted molar refractivity (Wildman–Crippen MR) is 126 cm³/mol. The molecule has 5 aromatic carbocycles. The fraction of sp³-hybridized carbons (Fsp3) is 0. The maximum atomic E-state index is 2.35. The summed E-state index contributed by atoms with van der Waals surface area (Å²) in [6.07, 6.45) is 0. The van der Waals surface area contributed by atoms with Crippen molar-refractivity contribution >= 4 is 44.0 Å². The third-order valence-corrected chi connectivity index (χ3v) is 5.86. The van der Waals surface area contributed by atoms with Crippen molar-refractivity contribution in [1.82, 2.24) is 4.57 Å². The van der Waals surface area contributed by atoms with E-state index in [2.05, 4.69) is 125 Å². The highest BCUT2D eigenvalue weighted by atomic mass is 15.0. The van der Waals surface area contributed by atoms with Gasteiger partial charge in [-0.3, -0.25) is 5.32 Å². The Morgan fingerprint density at radius 2 is 1.20 bits per heavy atom. The Morgan fingerprint density at radius 1 is 0.500 bits per heavy atom. The molecule has 0 saturated heterocycles. The van der Waals surface area contributed by atoms with Crippen molar-refractivity contribution < 1.29 is 5.32 Å². The van der Waals surface area contributed by atoms with Gasteiger partial charge in [-0.2, -0.15) is 0 Å². The minimum atomic E-state index is 1.19. The molecule has 2 N–H and O–H groups in total. The number of nitrogens with two attached hydrogens (primary N) is 1. The number of fused-ring (bicyclic) bond motifs is 4. The van der Waals surface area contributed by atoms with Crippen molar-refractivity contribution in [3.05, 3.63) is 115 Å². The summed E-state index contributed by atoms with van der Waals surface area (Å²) >= 11 is 0. The van der Waals surface area contributed by atoms with Gasteiger partial charge >= 0.3 is 0 Å². The first kappa shape index (κ1) is 17.0. The highest BCUT2D eigenvalue weighted by molar-refractivity contribution is 6.10. The Kier molecular flexibility index (Phi) is 3.90. The maximum Gasteiger partial charge on any atom is 0.142 e. The Labute approximate surface area is 175 Å². The zero-order valence-electron chi connectivity index (χ0n) is 16.5. The molecule has 0 unspecified atom stereocenters. The minimum absolute atomic E-state index is 1.19. The number of benzene rings is 5. The first-order valence-corrected chi connectivity index (χ1v) is 10.3. The molecule has 0 aliphatic heterocycles. The quantitative estimate of drug-likeness (QED) is 0.338. The molecule has 0 bridgehead atoms.